The standard InChI is InChI=1S/C15H22N2O3S/c1-10-4-5-12(21-10)11(2)17-14(20)16-9-15(6-3-7-15)8-13(18)19/h4-5,11H,3,6-9H2,1-2H3,(H,18,19)(H2,16,17,20). The first-order chi connectivity index (χ1) is 9.90. The Morgan fingerprint density at radius 2 is 2.14 bits per heavy atom. The van der Waals surface area contributed by atoms with Gasteiger partial charge in [-0.3, -0.25) is 4.79 Å². The molecule has 1 aliphatic carbocycles. The van der Waals surface area contributed by atoms with E-state index >= 15 is 0 Å². The predicted octanol–water partition coefficient (Wildman–Crippen LogP) is 3.06. The van der Waals surface area contributed by atoms with Gasteiger partial charge in [-0.2, -0.15) is 0 Å². The lowest BCUT2D eigenvalue weighted by Crippen LogP contribution is -2.46. The first-order valence-corrected chi connectivity index (χ1v) is 8.04. The van der Waals surface area contributed by atoms with E-state index in [1.807, 2.05) is 26.0 Å². The molecule has 116 valence electrons. The van der Waals surface area contributed by atoms with Crippen molar-refractivity contribution in [1.29, 1.82) is 0 Å². The summed E-state index contributed by atoms with van der Waals surface area (Å²) < 4.78 is 0. The second-order valence-electron chi connectivity index (χ2n) is 5.92. The van der Waals surface area contributed by atoms with E-state index in [9.17, 15) is 9.59 Å². The summed E-state index contributed by atoms with van der Waals surface area (Å²) in [6, 6.07) is 3.78. The molecule has 1 aliphatic rings. The molecule has 0 saturated heterocycles. The third-order valence-electron chi connectivity index (χ3n) is 4.10. The van der Waals surface area contributed by atoms with Crippen LogP contribution < -0.4 is 10.6 Å². The average molecular weight is 310 g/mol. The number of urea groups is 1. The van der Waals surface area contributed by atoms with Gasteiger partial charge < -0.3 is 15.7 Å². The molecule has 1 aromatic heterocycles. The van der Waals surface area contributed by atoms with E-state index in [4.69, 9.17) is 5.11 Å². The zero-order chi connectivity index (χ0) is 15.5. The monoisotopic (exact) mass is 310 g/mol. The highest BCUT2D eigenvalue weighted by Crippen LogP contribution is 2.43. The molecule has 0 aromatic carbocycles. The fourth-order valence-electron chi connectivity index (χ4n) is 2.69. The maximum atomic E-state index is 11.9. The minimum absolute atomic E-state index is 0.0412. The number of carboxylic acid groups (broad SMARTS) is 1. The number of rotatable bonds is 6. The van der Waals surface area contributed by atoms with Crippen molar-refractivity contribution in [2.75, 3.05) is 6.54 Å². The Hall–Kier alpha value is -1.56. The molecule has 2 amide bonds. The lowest BCUT2D eigenvalue weighted by Gasteiger charge is -2.40. The smallest absolute Gasteiger partial charge is 0.315 e. The summed E-state index contributed by atoms with van der Waals surface area (Å²) >= 11 is 1.67. The van der Waals surface area contributed by atoms with Crippen LogP contribution >= 0.6 is 11.3 Å². The highest BCUT2D eigenvalue weighted by molar-refractivity contribution is 7.12. The molecule has 1 fully saturated rings. The van der Waals surface area contributed by atoms with Crippen LogP contribution in [0.1, 0.15) is 48.4 Å². The van der Waals surface area contributed by atoms with Crippen molar-refractivity contribution < 1.29 is 14.7 Å². The van der Waals surface area contributed by atoms with Gasteiger partial charge in [0.15, 0.2) is 0 Å². The summed E-state index contributed by atoms with van der Waals surface area (Å²) in [4.78, 5) is 25.2. The second kappa shape index (κ2) is 6.47. The second-order valence-corrected chi connectivity index (χ2v) is 7.24. The Labute approximate surface area is 128 Å². The summed E-state index contributed by atoms with van der Waals surface area (Å²) in [6.45, 7) is 4.41. The van der Waals surface area contributed by atoms with Crippen molar-refractivity contribution in [3.63, 3.8) is 0 Å². The number of amides is 2. The van der Waals surface area contributed by atoms with Crippen molar-refractivity contribution in [1.82, 2.24) is 10.6 Å². The molecule has 1 saturated carbocycles. The van der Waals surface area contributed by atoms with Crippen molar-refractivity contribution in [3.8, 4) is 0 Å². The Bertz CT molecular complexity index is 523. The largest absolute Gasteiger partial charge is 0.481 e. The molecule has 21 heavy (non-hydrogen) atoms. The van der Waals surface area contributed by atoms with Gasteiger partial charge in [0, 0.05) is 16.3 Å². The number of aryl methyl sites for hydroxylation is 1. The number of carbonyl (C=O) groups excluding carboxylic acids is 1. The fourth-order valence-corrected chi connectivity index (χ4v) is 3.57. The van der Waals surface area contributed by atoms with Gasteiger partial charge in [0.1, 0.15) is 0 Å². The first kappa shape index (κ1) is 15.8. The number of carbonyl (C=O) groups is 2. The molecule has 0 radical (unpaired) electrons. The number of nitrogens with one attached hydrogen (secondary N) is 2. The van der Waals surface area contributed by atoms with Crippen molar-refractivity contribution in [2.24, 2.45) is 5.41 Å². The van der Waals surface area contributed by atoms with E-state index in [1.165, 1.54) is 4.88 Å². The van der Waals surface area contributed by atoms with Gasteiger partial charge in [-0.15, -0.1) is 11.3 Å². The number of carboxylic acids is 1. The molecule has 5 nitrogen and oxygen atoms in total. The molecule has 0 spiro atoms. The van der Waals surface area contributed by atoms with E-state index in [0.717, 1.165) is 24.1 Å². The van der Waals surface area contributed by atoms with Crippen LogP contribution in [-0.4, -0.2) is 23.7 Å². The molecule has 1 heterocycles. The fraction of sp³-hybridized carbons (Fsp3) is 0.600. The maximum Gasteiger partial charge on any atom is 0.315 e. The van der Waals surface area contributed by atoms with Crippen LogP contribution in [0.3, 0.4) is 0 Å². The van der Waals surface area contributed by atoms with Gasteiger partial charge in [0.05, 0.1) is 12.5 Å². The molecule has 1 unspecified atom stereocenters. The predicted molar refractivity (Wildman–Crippen MR) is 82.5 cm³/mol. The first-order valence-electron chi connectivity index (χ1n) is 7.23. The quantitative estimate of drug-likeness (QED) is 0.755. The van der Waals surface area contributed by atoms with Gasteiger partial charge in [0.25, 0.3) is 0 Å². The van der Waals surface area contributed by atoms with Crippen LogP contribution in [0, 0.1) is 12.3 Å². The van der Waals surface area contributed by atoms with Gasteiger partial charge in [-0.25, -0.2) is 4.79 Å². The minimum Gasteiger partial charge on any atom is -0.481 e. The summed E-state index contributed by atoms with van der Waals surface area (Å²) in [5, 5.41) is 14.7. The summed E-state index contributed by atoms with van der Waals surface area (Å²) in [5.74, 6) is -0.792. The van der Waals surface area contributed by atoms with Gasteiger partial charge in [0.2, 0.25) is 0 Å². The van der Waals surface area contributed by atoms with E-state index in [0.29, 0.717) is 6.54 Å². The SMILES string of the molecule is Cc1ccc(C(C)NC(=O)NCC2(CC(=O)O)CCC2)s1. The number of hydrogen-bond acceptors (Lipinski definition) is 3. The third-order valence-corrected chi connectivity index (χ3v) is 5.28. The van der Waals surface area contributed by atoms with E-state index < -0.39 is 5.97 Å². The van der Waals surface area contributed by atoms with Crippen LogP contribution in [0.15, 0.2) is 12.1 Å². The molecule has 0 bridgehead atoms. The Morgan fingerprint density at radius 3 is 2.62 bits per heavy atom. The van der Waals surface area contributed by atoms with Crippen LogP contribution in [0.5, 0.6) is 0 Å². The summed E-state index contributed by atoms with van der Waals surface area (Å²) in [6.07, 6.45) is 2.92. The van der Waals surface area contributed by atoms with Crippen molar-refractivity contribution in [2.45, 2.75) is 45.6 Å². The van der Waals surface area contributed by atoms with E-state index in [2.05, 4.69) is 10.6 Å². The highest BCUT2D eigenvalue weighted by atomic mass is 32.1. The number of aliphatic carboxylic acids is 1. The lowest BCUT2D eigenvalue weighted by molar-refractivity contribution is -0.141. The van der Waals surface area contributed by atoms with Crippen LogP contribution in [0.25, 0.3) is 0 Å². The Balaban J connectivity index is 1.80. The van der Waals surface area contributed by atoms with Gasteiger partial charge >= 0.3 is 12.0 Å². The van der Waals surface area contributed by atoms with Gasteiger partial charge in [-0.05, 0) is 44.2 Å². The molecule has 1 atom stereocenters. The number of thiophene rings is 1. The lowest BCUT2D eigenvalue weighted by atomic mass is 9.66. The molecular formula is C15H22N2O3S. The zero-order valence-electron chi connectivity index (χ0n) is 12.4. The topological polar surface area (TPSA) is 78.4 Å². The Morgan fingerprint density at radius 1 is 1.43 bits per heavy atom. The summed E-state index contributed by atoms with van der Waals surface area (Å²) in [5.41, 5.74) is -0.244. The Kier molecular flexibility index (Phi) is 4.88. The maximum absolute atomic E-state index is 11.9. The minimum atomic E-state index is -0.792. The molecule has 3 N–H and O–H groups in total. The average Bonchev–Trinajstić information content (AvgIpc) is 2.79. The van der Waals surface area contributed by atoms with Gasteiger partial charge in [-0.1, -0.05) is 6.42 Å². The summed E-state index contributed by atoms with van der Waals surface area (Å²) in [7, 11) is 0. The van der Waals surface area contributed by atoms with Crippen LogP contribution in [0.4, 0.5) is 4.79 Å². The van der Waals surface area contributed by atoms with Crippen molar-refractivity contribution in [3.05, 3.63) is 21.9 Å². The van der Waals surface area contributed by atoms with Crippen LogP contribution in [0.2, 0.25) is 0 Å². The molecular weight excluding hydrogens is 288 g/mol. The normalized spacial score (nSPS) is 17.6. The van der Waals surface area contributed by atoms with E-state index in [-0.39, 0.29) is 23.9 Å². The molecule has 2 rings (SSSR count). The molecule has 6 heteroatoms. The number of hydrogen-bond donors (Lipinski definition) is 3. The highest BCUT2D eigenvalue weighted by Gasteiger charge is 2.39. The van der Waals surface area contributed by atoms with Crippen LogP contribution in [-0.2, 0) is 4.79 Å². The molecule has 0 aliphatic heterocycles. The molecule has 1 aromatic rings. The zero-order valence-corrected chi connectivity index (χ0v) is 13.3. The third kappa shape index (κ3) is 4.20. The van der Waals surface area contributed by atoms with Crippen molar-refractivity contribution >= 4 is 23.3 Å². The van der Waals surface area contributed by atoms with E-state index in [1.54, 1.807) is 11.3 Å².